The lowest BCUT2D eigenvalue weighted by molar-refractivity contribution is -0.125. The number of carbonyl (C=O) groups is 1. The number of benzene rings is 1. The molecule has 7 heteroatoms. The minimum absolute atomic E-state index is 0.142. The zero-order chi connectivity index (χ0) is 17.7. The Morgan fingerprint density at radius 1 is 1.38 bits per heavy atom. The van der Waals surface area contributed by atoms with Crippen molar-refractivity contribution in [2.24, 2.45) is 0 Å². The highest BCUT2D eigenvalue weighted by Crippen LogP contribution is 2.19. The molecule has 1 aromatic carbocycles. The van der Waals surface area contributed by atoms with Gasteiger partial charge in [-0.05, 0) is 52.1 Å². The van der Waals surface area contributed by atoms with Gasteiger partial charge >= 0.3 is 0 Å². The van der Waals surface area contributed by atoms with E-state index in [1.807, 2.05) is 18.5 Å². The molecule has 0 saturated heterocycles. The van der Waals surface area contributed by atoms with Gasteiger partial charge in [-0.2, -0.15) is 5.10 Å². The molecule has 130 valence electrons. The van der Waals surface area contributed by atoms with Crippen LogP contribution in [0.4, 0.5) is 4.39 Å². The van der Waals surface area contributed by atoms with Gasteiger partial charge in [-0.15, -0.1) is 0 Å². The van der Waals surface area contributed by atoms with Crippen LogP contribution in [0.3, 0.4) is 0 Å². The van der Waals surface area contributed by atoms with E-state index in [2.05, 4.69) is 15.4 Å². The van der Waals surface area contributed by atoms with E-state index in [1.54, 1.807) is 31.1 Å². The topological polar surface area (TPSA) is 63.1 Å². The smallest absolute Gasteiger partial charge is 0.241 e. The Balaban J connectivity index is 1.90. The summed E-state index contributed by atoms with van der Waals surface area (Å²) in [6.45, 7) is 4.98. The van der Waals surface area contributed by atoms with Crippen molar-refractivity contribution >= 4 is 5.91 Å². The van der Waals surface area contributed by atoms with Gasteiger partial charge in [0.15, 0.2) is 0 Å². The second-order valence-electron chi connectivity index (χ2n) is 6.00. The lowest BCUT2D eigenvalue weighted by atomic mass is 10.1. The minimum Gasteiger partial charge on any atom is -0.354 e. The number of halogens is 1. The van der Waals surface area contributed by atoms with Gasteiger partial charge < -0.3 is 5.32 Å². The lowest BCUT2D eigenvalue weighted by Crippen LogP contribution is -2.37. The van der Waals surface area contributed by atoms with Crippen molar-refractivity contribution in [3.05, 3.63) is 47.3 Å². The van der Waals surface area contributed by atoms with Crippen LogP contribution in [0.15, 0.2) is 24.3 Å². The second kappa shape index (κ2) is 8.01. The maximum Gasteiger partial charge on any atom is 0.241 e. The molecule has 6 nitrogen and oxygen atoms in total. The van der Waals surface area contributed by atoms with Crippen molar-refractivity contribution in [3.8, 4) is 0 Å². The standard InChI is InChI=1S/C17H24FN5O/c1-12-20-13(2)23(21-12)10-6-9-19-17(24)16(22(3)4)14-7-5-8-15(18)11-14/h5,7-8,11,16H,6,9-10H2,1-4H3,(H,19,24). The van der Waals surface area contributed by atoms with Gasteiger partial charge in [0.25, 0.3) is 0 Å². The Labute approximate surface area is 141 Å². The van der Waals surface area contributed by atoms with Crippen LogP contribution < -0.4 is 5.32 Å². The van der Waals surface area contributed by atoms with E-state index >= 15 is 0 Å². The molecule has 0 bridgehead atoms. The first-order valence-corrected chi connectivity index (χ1v) is 7.96. The van der Waals surface area contributed by atoms with E-state index in [0.29, 0.717) is 18.7 Å². The molecule has 0 saturated carbocycles. The average molecular weight is 333 g/mol. The molecular formula is C17H24FN5O. The first-order valence-electron chi connectivity index (χ1n) is 7.96. The van der Waals surface area contributed by atoms with Crippen molar-refractivity contribution in [1.82, 2.24) is 25.0 Å². The third-order valence-corrected chi connectivity index (χ3v) is 3.74. The Bertz CT molecular complexity index is 698. The molecule has 24 heavy (non-hydrogen) atoms. The monoisotopic (exact) mass is 333 g/mol. The molecule has 0 aliphatic rings. The number of rotatable bonds is 7. The maximum atomic E-state index is 13.4. The number of hydrogen-bond acceptors (Lipinski definition) is 4. The molecule has 0 aliphatic carbocycles. The molecule has 0 spiro atoms. The van der Waals surface area contributed by atoms with Crippen LogP contribution in [-0.2, 0) is 11.3 Å². The van der Waals surface area contributed by atoms with Gasteiger partial charge in [0, 0.05) is 13.1 Å². The zero-order valence-corrected chi connectivity index (χ0v) is 14.6. The number of nitrogens with zero attached hydrogens (tertiary/aromatic N) is 4. The highest BCUT2D eigenvalue weighted by atomic mass is 19.1. The Kier molecular flexibility index (Phi) is 6.03. The summed E-state index contributed by atoms with van der Waals surface area (Å²) in [6, 6.07) is 5.62. The van der Waals surface area contributed by atoms with Gasteiger partial charge in [-0.1, -0.05) is 12.1 Å². The number of hydrogen-bond donors (Lipinski definition) is 1. The normalized spacial score (nSPS) is 12.4. The lowest BCUT2D eigenvalue weighted by Gasteiger charge is -2.24. The molecule has 1 aromatic heterocycles. The van der Waals surface area contributed by atoms with Crippen molar-refractivity contribution in [2.45, 2.75) is 32.9 Å². The molecule has 1 unspecified atom stereocenters. The highest BCUT2D eigenvalue weighted by Gasteiger charge is 2.22. The van der Waals surface area contributed by atoms with Crippen LogP contribution in [0.2, 0.25) is 0 Å². The van der Waals surface area contributed by atoms with Crippen molar-refractivity contribution in [1.29, 1.82) is 0 Å². The SMILES string of the molecule is Cc1nc(C)n(CCCNC(=O)C(c2cccc(F)c2)N(C)C)n1. The number of carbonyl (C=O) groups excluding carboxylic acids is 1. The molecule has 1 amide bonds. The fourth-order valence-electron chi connectivity index (χ4n) is 2.67. The van der Waals surface area contributed by atoms with Crippen LogP contribution >= 0.6 is 0 Å². The van der Waals surface area contributed by atoms with Gasteiger partial charge in [0.05, 0.1) is 0 Å². The van der Waals surface area contributed by atoms with Crippen molar-refractivity contribution in [2.75, 3.05) is 20.6 Å². The number of likely N-dealkylation sites (N-methyl/N-ethyl adjacent to an activating group) is 1. The molecule has 0 aliphatic heterocycles. The van der Waals surface area contributed by atoms with Gasteiger partial charge in [-0.25, -0.2) is 9.37 Å². The van der Waals surface area contributed by atoms with Crippen LogP contribution in [0.25, 0.3) is 0 Å². The van der Waals surface area contributed by atoms with Gasteiger partial charge in [-0.3, -0.25) is 14.4 Å². The van der Waals surface area contributed by atoms with E-state index in [1.165, 1.54) is 12.1 Å². The number of amides is 1. The summed E-state index contributed by atoms with van der Waals surface area (Å²) >= 11 is 0. The molecular weight excluding hydrogens is 309 g/mol. The maximum absolute atomic E-state index is 13.4. The van der Waals surface area contributed by atoms with Crippen LogP contribution in [-0.4, -0.2) is 46.2 Å². The van der Waals surface area contributed by atoms with Crippen LogP contribution in [0.5, 0.6) is 0 Å². The largest absolute Gasteiger partial charge is 0.354 e. The fourth-order valence-corrected chi connectivity index (χ4v) is 2.67. The predicted molar refractivity (Wildman–Crippen MR) is 90.0 cm³/mol. The van der Waals surface area contributed by atoms with Gasteiger partial charge in [0.2, 0.25) is 5.91 Å². The quantitative estimate of drug-likeness (QED) is 0.786. The number of aromatic nitrogens is 3. The fraction of sp³-hybridized carbons (Fsp3) is 0.471. The molecule has 2 rings (SSSR count). The summed E-state index contributed by atoms with van der Waals surface area (Å²) in [5, 5.41) is 7.20. The van der Waals surface area contributed by atoms with E-state index in [9.17, 15) is 9.18 Å². The van der Waals surface area contributed by atoms with E-state index in [-0.39, 0.29) is 11.7 Å². The summed E-state index contributed by atoms with van der Waals surface area (Å²) < 4.78 is 15.3. The Morgan fingerprint density at radius 2 is 2.12 bits per heavy atom. The Morgan fingerprint density at radius 3 is 2.71 bits per heavy atom. The first-order chi connectivity index (χ1) is 11.4. The van der Waals surface area contributed by atoms with Crippen molar-refractivity contribution < 1.29 is 9.18 Å². The summed E-state index contributed by atoms with van der Waals surface area (Å²) in [5.41, 5.74) is 0.639. The van der Waals surface area contributed by atoms with E-state index in [0.717, 1.165) is 18.1 Å². The van der Waals surface area contributed by atoms with Crippen LogP contribution in [0.1, 0.15) is 29.7 Å². The minimum atomic E-state index is -0.518. The molecule has 1 heterocycles. The number of nitrogens with one attached hydrogen (secondary N) is 1. The van der Waals surface area contributed by atoms with Crippen LogP contribution in [0, 0.1) is 19.7 Å². The summed E-state index contributed by atoms with van der Waals surface area (Å²) in [7, 11) is 3.60. The van der Waals surface area contributed by atoms with E-state index in [4.69, 9.17) is 0 Å². The summed E-state index contributed by atoms with van der Waals surface area (Å²) in [4.78, 5) is 18.5. The summed E-state index contributed by atoms with van der Waals surface area (Å²) in [5.74, 6) is 1.13. The van der Waals surface area contributed by atoms with Gasteiger partial charge in [0.1, 0.15) is 23.5 Å². The molecule has 1 atom stereocenters. The van der Waals surface area contributed by atoms with Crippen molar-refractivity contribution in [3.63, 3.8) is 0 Å². The summed E-state index contributed by atoms with van der Waals surface area (Å²) in [6.07, 6.45) is 0.749. The zero-order valence-electron chi connectivity index (χ0n) is 14.6. The average Bonchev–Trinajstić information content (AvgIpc) is 2.81. The molecule has 2 aromatic rings. The number of aryl methyl sites for hydroxylation is 3. The first kappa shape index (κ1) is 18.1. The molecule has 1 N–H and O–H groups in total. The third-order valence-electron chi connectivity index (χ3n) is 3.74. The van der Waals surface area contributed by atoms with E-state index < -0.39 is 6.04 Å². The predicted octanol–water partition coefficient (Wildman–Crippen LogP) is 1.84. The molecule has 0 fully saturated rings. The molecule has 0 radical (unpaired) electrons. The highest BCUT2D eigenvalue weighted by molar-refractivity contribution is 5.83. The Hall–Kier alpha value is -2.28. The third kappa shape index (κ3) is 4.61. The second-order valence-corrected chi connectivity index (χ2v) is 6.00.